The van der Waals surface area contributed by atoms with Crippen molar-refractivity contribution in [2.45, 2.75) is 25.7 Å². The Bertz CT molecular complexity index is 174. The molecule has 0 radical (unpaired) electrons. The molecule has 4 nitrogen and oxygen atoms in total. The normalized spacial score (nSPS) is 27.4. The smallest absolute Gasteiger partial charge is 0.306 e. The van der Waals surface area contributed by atoms with Crippen LogP contribution in [-0.2, 0) is 9.59 Å². The molecule has 1 rings (SSSR count). The van der Waals surface area contributed by atoms with Gasteiger partial charge in [-0.3, -0.25) is 9.59 Å². The Morgan fingerprint density at radius 2 is 1.08 bits per heavy atom. The molecule has 0 saturated heterocycles. The predicted molar refractivity (Wildman–Crippen MR) is 51.0 cm³/mol. The topological polar surface area (TPSA) is 74.6 Å². The van der Waals surface area contributed by atoms with Gasteiger partial charge in [-0.2, -0.15) is 0 Å². The molecule has 0 heterocycles. The zero-order chi connectivity index (χ0) is 9.14. The van der Waals surface area contributed by atoms with E-state index in [0.29, 0.717) is 25.7 Å². The lowest BCUT2D eigenvalue weighted by Gasteiger charge is -2.22. The molecule has 0 spiro atoms. The summed E-state index contributed by atoms with van der Waals surface area (Å²) in [6.45, 7) is 0. The van der Waals surface area contributed by atoms with Crippen molar-refractivity contribution >= 4 is 28.9 Å². The van der Waals surface area contributed by atoms with E-state index < -0.39 is 11.9 Å². The first-order chi connectivity index (χ1) is 5.61. The summed E-state index contributed by atoms with van der Waals surface area (Å²) < 4.78 is 0. The third-order valence-electron chi connectivity index (χ3n) is 2.43. The van der Waals surface area contributed by atoms with Crippen LogP contribution in [0.2, 0.25) is 0 Å². The van der Waals surface area contributed by atoms with Crippen LogP contribution in [0.15, 0.2) is 0 Å². The van der Waals surface area contributed by atoms with E-state index in [1.54, 1.807) is 0 Å². The molecule has 0 aromatic rings. The molecule has 0 atom stereocenters. The summed E-state index contributed by atoms with van der Waals surface area (Å²) in [5.74, 6) is -2.22. The van der Waals surface area contributed by atoms with Gasteiger partial charge < -0.3 is 10.2 Å². The molecular formula is C8H13BrO4. The molecule has 1 saturated carbocycles. The minimum atomic E-state index is -0.793. The average Bonchev–Trinajstić information content (AvgIpc) is 2.04. The number of rotatable bonds is 2. The lowest BCUT2D eigenvalue weighted by molar-refractivity contribution is -0.148. The molecule has 1 aliphatic rings. The van der Waals surface area contributed by atoms with Crippen molar-refractivity contribution in [2.24, 2.45) is 11.8 Å². The number of aliphatic carboxylic acids is 2. The van der Waals surface area contributed by atoms with E-state index in [4.69, 9.17) is 10.2 Å². The number of hydrogen-bond donors (Lipinski definition) is 2. The van der Waals surface area contributed by atoms with Crippen molar-refractivity contribution in [3.05, 3.63) is 0 Å². The average molecular weight is 253 g/mol. The second-order valence-electron chi connectivity index (χ2n) is 3.23. The Morgan fingerprint density at radius 1 is 0.846 bits per heavy atom. The first-order valence-corrected chi connectivity index (χ1v) is 4.07. The maximum absolute atomic E-state index is 10.5. The summed E-state index contributed by atoms with van der Waals surface area (Å²) >= 11 is 0. The van der Waals surface area contributed by atoms with Gasteiger partial charge in [-0.05, 0) is 25.7 Å². The van der Waals surface area contributed by atoms with Gasteiger partial charge in [0, 0.05) is 0 Å². The van der Waals surface area contributed by atoms with Gasteiger partial charge in [0.2, 0.25) is 0 Å². The van der Waals surface area contributed by atoms with E-state index in [1.807, 2.05) is 0 Å². The number of carboxylic acid groups (broad SMARTS) is 2. The van der Waals surface area contributed by atoms with Crippen LogP contribution in [0.4, 0.5) is 0 Å². The molecule has 0 aromatic heterocycles. The van der Waals surface area contributed by atoms with Crippen LogP contribution in [0.1, 0.15) is 25.7 Å². The van der Waals surface area contributed by atoms with E-state index in [1.165, 1.54) is 0 Å². The summed E-state index contributed by atoms with van der Waals surface area (Å²) in [6, 6.07) is 0. The summed E-state index contributed by atoms with van der Waals surface area (Å²) in [4.78, 5) is 21.0. The molecule has 0 aliphatic heterocycles. The lowest BCUT2D eigenvalue weighted by atomic mass is 9.82. The fraction of sp³-hybridized carbons (Fsp3) is 0.750. The van der Waals surface area contributed by atoms with Crippen LogP contribution in [0, 0.1) is 11.8 Å². The van der Waals surface area contributed by atoms with Crippen molar-refractivity contribution in [2.75, 3.05) is 0 Å². The number of halogens is 1. The molecule has 0 aromatic carbocycles. The van der Waals surface area contributed by atoms with E-state index in [2.05, 4.69) is 0 Å². The minimum absolute atomic E-state index is 0. The molecular weight excluding hydrogens is 240 g/mol. The molecule has 1 aliphatic carbocycles. The highest BCUT2D eigenvalue weighted by Gasteiger charge is 2.29. The lowest BCUT2D eigenvalue weighted by Crippen LogP contribution is -2.25. The number of carbonyl (C=O) groups is 2. The van der Waals surface area contributed by atoms with Gasteiger partial charge in [0.1, 0.15) is 0 Å². The van der Waals surface area contributed by atoms with Gasteiger partial charge >= 0.3 is 11.9 Å². The zero-order valence-electron chi connectivity index (χ0n) is 7.10. The van der Waals surface area contributed by atoms with Gasteiger partial charge in [0.05, 0.1) is 11.8 Å². The van der Waals surface area contributed by atoms with E-state index in [9.17, 15) is 9.59 Å². The zero-order valence-corrected chi connectivity index (χ0v) is 8.82. The summed E-state index contributed by atoms with van der Waals surface area (Å²) in [5, 5.41) is 17.2. The summed E-state index contributed by atoms with van der Waals surface area (Å²) in [5.41, 5.74) is 0. The quantitative estimate of drug-likeness (QED) is 0.782. The fourth-order valence-corrected chi connectivity index (χ4v) is 1.59. The molecule has 13 heavy (non-hydrogen) atoms. The van der Waals surface area contributed by atoms with Crippen LogP contribution < -0.4 is 0 Å². The first kappa shape index (κ1) is 12.4. The predicted octanol–water partition coefficient (Wildman–Crippen LogP) is 1.54. The Hall–Kier alpha value is -0.580. The number of carboxylic acids is 2. The largest absolute Gasteiger partial charge is 0.481 e. The van der Waals surface area contributed by atoms with E-state index in [-0.39, 0.29) is 28.8 Å². The summed E-state index contributed by atoms with van der Waals surface area (Å²) in [7, 11) is 0. The maximum atomic E-state index is 10.5. The van der Waals surface area contributed by atoms with Crippen LogP contribution in [0.3, 0.4) is 0 Å². The van der Waals surface area contributed by atoms with E-state index >= 15 is 0 Å². The minimum Gasteiger partial charge on any atom is -0.481 e. The monoisotopic (exact) mass is 252 g/mol. The van der Waals surface area contributed by atoms with Gasteiger partial charge in [-0.25, -0.2) is 0 Å². The van der Waals surface area contributed by atoms with Crippen LogP contribution in [0.25, 0.3) is 0 Å². The Kier molecular flexibility index (Phi) is 4.98. The molecule has 2 N–H and O–H groups in total. The highest BCUT2D eigenvalue weighted by atomic mass is 79.9. The third-order valence-corrected chi connectivity index (χ3v) is 2.43. The second-order valence-corrected chi connectivity index (χ2v) is 3.23. The van der Waals surface area contributed by atoms with Gasteiger partial charge in [-0.15, -0.1) is 17.0 Å². The Balaban J connectivity index is 0.00000144. The van der Waals surface area contributed by atoms with Crippen LogP contribution in [0.5, 0.6) is 0 Å². The second kappa shape index (κ2) is 5.21. The number of hydrogen-bond acceptors (Lipinski definition) is 2. The van der Waals surface area contributed by atoms with Gasteiger partial charge in [0.25, 0.3) is 0 Å². The molecule has 5 heteroatoms. The third kappa shape index (κ3) is 3.34. The van der Waals surface area contributed by atoms with Crippen molar-refractivity contribution < 1.29 is 19.8 Å². The molecule has 0 amide bonds. The highest BCUT2D eigenvalue weighted by molar-refractivity contribution is 8.93. The van der Waals surface area contributed by atoms with Crippen LogP contribution >= 0.6 is 17.0 Å². The standard InChI is InChI=1S/C8H12O4.BrH/c9-7(10)5-1-2-6(4-3-5)8(11)12;/h5-6H,1-4H2,(H,9,10)(H,11,12);1H. The van der Waals surface area contributed by atoms with Crippen LogP contribution in [-0.4, -0.2) is 22.2 Å². The Morgan fingerprint density at radius 3 is 1.23 bits per heavy atom. The molecule has 0 bridgehead atoms. The maximum Gasteiger partial charge on any atom is 0.306 e. The highest BCUT2D eigenvalue weighted by Crippen LogP contribution is 2.28. The SMILES string of the molecule is Br.O=C(O)C1CCC(C(=O)O)CC1. The van der Waals surface area contributed by atoms with Crippen molar-refractivity contribution in [3.8, 4) is 0 Å². The van der Waals surface area contributed by atoms with Crippen molar-refractivity contribution in [1.82, 2.24) is 0 Å². The van der Waals surface area contributed by atoms with Crippen molar-refractivity contribution in [3.63, 3.8) is 0 Å². The molecule has 0 unspecified atom stereocenters. The van der Waals surface area contributed by atoms with Gasteiger partial charge in [-0.1, -0.05) is 0 Å². The van der Waals surface area contributed by atoms with E-state index in [0.717, 1.165) is 0 Å². The Labute approximate surface area is 86.7 Å². The fourth-order valence-electron chi connectivity index (χ4n) is 1.59. The van der Waals surface area contributed by atoms with Gasteiger partial charge in [0.15, 0.2) is 0 Å². The molecule has 1 fully saturated rings. The summed E-state index contributed by atoms with van der Waals surface area (Å²) in [6.07, 6.45) is 2.03. The van der Waals surface area contributed by atoms with Crippen molar-refractivity contribution in [1.29, 1.82) is 0 Å². The first-order valence-electron chi connectivity index (χ1n) is 4.07. The molecule has 76 valence electrons.